The average molecular weight is 350 g/mol. The molecular formula is C15H13ClFN5S. The highest BCUT2D eigenvalue weighted by Gasteiger charge is 2.11. The number of anilines is 3. The van der Waals surface area contributed by atoms with Crippen LogP contribution in [0.25, 0.3) is 11.1 Å². The third-order valence-electron chi connectivity index (χ3n) is 3.19. The van der Waals surface area contributed by atoms with Crippen LogP contribution in [-0.2, 0) is 0 Å². The lowest BCUT2D eigenvalue weighted by Gasteiger charge is -2.09. The lowest BCUT2D eigenvalue weighted by molar-refractivity contribution is 0.628. The number of aromatic nitrogens is 3. The predicted octanol–water partition coefficient (Wildman–Crippen LogP) is 4.31. The maximum absolute atomic E-state index is 14.2. The number of nitrogens with zero attached hydrogens (tertiary/aromatic N) is 2. The van der Waals surface area contributed by atoms with Crippen LogP contribution in [0.5, 0.6) is 0 Å². The van der Waals surface area contributed by atoms with Gasteiger partial charge in [0.1, 0.15) is 5.82 Å². The Morgan fingerprint density at radius 2 is 2.00 bits per heavy atom. The number of nitrogens with two attached hydrogens (primary N) is 1. The Labute approximate surface area is 141 Å². The summed E-state index contributed by atoms with van der Waals surface area (Å²) in [6, 6.07) is 10.3. The fourth-order valence-electron chi connectivity index (χ4n) is 2.11. The van der Waals surface area contributed by atoms with Crippen molar-refractivity contribution >= 4 is 40.9 Å². The molecule has 23 heavy (non-hydrogen) atoms. The first-order valence-corrected chi connectivity index (χ1v) is 8.25. The van der Waals surface area contributed by atoms with Crippen molar-refractivity contribution in [1.29, 1.82) is 0 Å². The second-order valence-corrected chi connectivity index (χ2v) is 6.00. The molecule has 0 aliphatic heterocycles. The van der Waals surface area contributed by atoms with Crippen molar-refractivity contribution in [2.75, 3.05) is 17.3 Å². The molecule has 0 unspecified atom stereocenters. The Morgan fingerprint density at radius 1 is 1.22 bits per heavy atom. The van der Waals surface area contributed by atoms with E-state index in [-0.39, 0.29) is 11.8 Å². The van der Waals surface area contributed by atoms with Crippen LogP contribution in [0.15, 0.2) is 41.3 Å². The van der Waals surface area contributed by atoms with E-state index in [1.807, 2.05) is 12.3 Å². The summed E-state index contributed by atoms with van der Waals surface area (Å²) in [5, 5.41) is 9.79. The summed E-state index contributed by atoms with van der Waals surface area (Å²) in [7, 11) is 0. The molecular weight excluding hydrogens is 337 g/mol. The number of thioether (sulfide) groups is 1. The van der Waals surface area contributed by atoms with E-state index in [9.17, 15) is 4.39 Å². The topological polar surface area (TPSA) is 79.6 Å². The summed E-state index contributed by atoms with van der Waals surface area (Å²) in [4.78, 5) is 4.81. The standard InChI is InChI=1S/C15H13ClFN5S/c1-23-9-3-5-11(13(17)7-9)10-4-2-8(6-12(10)16)19-15-20-14(18)21-22-15/h2-7H,1H3,(H4,18,19,20,21,22). The first-order valence-electron chi connectivity index (χ1n) is 6.65. The third kappa shape index (κ3) is 3.40. The lowest BCUT2D eigenvalue weighted by atomic mass is 10.0. The Bertz CT molecular complexity index is 852. The molecule has 4 N–H and O–H groups in total. The summed E-state index contributed by atoms with van der Waals surface area (Å²) in [6.45, 7) is 0. The highest BCUT2D eigenvalue weighted by atomic mass is 35.5. The van der Waals surface area contributed by atoms with Crippen molar-refractivity contribution in [3.05, 3.63) is 47.2 Å². The van der Waals surface area contributed by atoms with Gasteiger partial charge in [0.15, 0.2) is 0 Å². The van der Waals surface area contributed by atoms with Crippen LogP contribution in [0.3, 0.4) is 0 Å². The van der Waals surface area contributed by atoms with Gasteiger partial charge in [-0.1, -0.05) is 23.7 Å². The van der Waals surface area contributed by atoms with Gasteiger partial charge in [-0.3, -0.25) is 0 Å². The summed E-state index contributed by atoms with van der Waals surface area (Å²) < 4.78 is 14.2. The van der Waals surface area contributed by atoms with Crippen molar-refractivity contribution in [2.24, 2.45) is 0 Å². The van der Waals surface area contributed by atoms with E-state index in [4.69, 9.17) is 17.3 Å². The minimum Gasteiger partial charge on any atom is -0.368 e. The molecule has 0 aliphatic rings. The Balaban J connectivity index is 1.90. The van der Waals surface area contributed by atoms with Crippen molar-refractivity contribution in [1.82, 2.24) is 15.2 Å². The number of benzene rings is 2. The zero-order valence-corrected chi connectivity index (χ0v) is 13.7. The molecule has 0 aliphatic carbocycles. The molecule has 0 radical (unpaired) electrons. The van der Waals surface area contributed by atoms with Gasteiger partial charge in [0.05, 0.1) is 5.02 Å². The van der Waals surface area contributed by atoms with Crippen LogP contribution >= 0.6 is 23.4 Å². The van der Waals surface area contributed by atoms with Crippen LogP contribution in [0.2, 0.25) is 5.02 Å². The summed E-state index contributed by atoms with van der Waals surface area (Å²) in [5.41, 5.74) is 7.23. The van der Waals surface area contributed by atoms with Gasteiger partial charge in [-0.05, 0) is 30.5 Å². The highest BCUT2D eigenvalue weighted by Crippen LogP contribution is 2.34. The third-order valence-corrected chi connectivity index (χ3v) is 4.23. The minimum atomic E-state index is -0.304. The van der Waals surface area contributed by atoms with E-state index in [1.54, 1.807) is 24.3 Å². The van der Waals surface area contributed by atoms with Crippen molar-refractivity contribution in [3.63, 3.8) is 0 Å². The van der Waals surface area contributed by atoms with Crippen LogP contribution in [0, 0.1) is 5.82 Å². The van der Waals surface area contributed by atoms with E-state index in [0.717, 1.165) is 4.90 Å². The predicted molar refractivity (Wildman–Crippen MR) is 92.7 cm³/mol. The van der Waals surface area contributed by atoms with Crippen molar-refractivity contribution in [3.8, 4) is 11.1 Å². The van der Waals surface area contributed by atoms with Gasteiger partial charge in [-0.25, -0.2) is 9.49 Å². The van der Waals surface area contributed by atoms with Crippen LogP contribution in [-0.4, -0.2) is 21.4 Å². The number of aromatic amines is 1. The highest BCUT2D eigenvalue weighted by molar-refractivity contribution is 7.98. The molecule has 3 aromatic rings. The molecule has 0 amide bonds. The van der Waals surface area contributed by atoms with Gasteiger partial charge in [0, 0.05) is 21.7 Å². The summed E-state index contributed by atoms with van der Waals surface area (Å²) in [5.74, 6) is 0.245. The van der Waals surface area contributed by atoms with Gasteiger partial charge in [0.2, 0.25) is 11.9 Å². The summed E-state index contributed by atoms with van der Waals surface area (Å²) in [6.07, 6.45) is 1.90. The SMILES string of the molecule is CSc1ccc(-c2ccc(Nc3n[nH]c(N)n3)cc2Cl)c(F)c1. The number of rotatable bonds is 4. The quantitative estimate of drug-likeness (QED) is 0.611. The minimum absolute atomic E-state index is 0.214. The average Bonchev–Trinajstić information content (AvgIpc) is 2.93. The number of H-pyrrole nitrogens is 1. The second kappa shape index (κ2) is 6.47. The summed E-state index contributed by atoms with van der Waals surface area (Å²) >= 11 is 7.78. The molecule has 3 rings (SSSR count). The molecule has 1 heterocycles. The van der Waals surface area contributed by atoms with E-state index >= 15 is 0 Å². The fourth-order valence-corrected chi connectivity index (χ4v) is 2.82. The molecule has 8 heteroatoms. The van der Waals surface area contributed by atoms with Gasteiger partial charge in [-0.15, -0.1) is 16.9 Å². The molecule has 1 aromatic heterocycles. The van der Waals surface area contributed by atoms with Crippen molar-refractivity contribution in [2.45, 2.75) is 4.90 Å². The lowest BCUT2D eigenvalue weighted by Crippen LogP contribution is -1.94. The number of hydrogen-bond acceptors (Lipinski definition) is 5. The maximum atomic E-state index is 14.2. The molecule has 118 valence electrons. The van der Waals surface area contributed by atoms with Crippen LogP contribution in [0.1, 0.15) is 0 Å². The van der Waals surface area contributed by atoms with E-state index < -0.39 is 0 Å². The van der Waals surface area contributed by atoms with Gasteiger partial charge in [0.25, 0.3) is 0 Å². The van der Waals surface area contributed by atoms with E-state index in [2.05, 4.69) is 20.5 Å². The Morgan fingerprint density at radius 3 is 2.61 bits per heavy atom. The first-order chi connectivity index (χ1) is 11.1. The Kier molecular flexibility index (Phi) is 4.40. The van der Waals surface area contributed by atoms with Gasteiger partial charge < -0.3 is 11.1 Å². The maximum Gasteiger partial charge on any atom is 0.248 e. The molecule has 2 aromatic carbocycles. The molecule has 0 spiro atoms. The number of nitrogen functional groups attached to an aromatic ring is 1. The number of hydrogen-bond donors (Lipinski definition) is 3. The number of halogens is 2. The normalized spacial score (nSPS) is 10.7. The second-order valence-electron chi connectivity index (χ2n) is 4.71. The molecule has 5 nitrogen and oxygen atoms in total. The smallest absolute Gasteiger partial charge is 0.248 e. The first kappa shape index (κ1) is 15.6. The largest absolute Gasteiger partial charge is 0.368 e. The molecule has 0 saturated carbocycles. The van der Waals surface area contributed by atoms with Crippen LogP contribution in [0.4, 0.5) is 22.0 Å². The zero-order valence-electron chi connectivity index (χ0n) is 12.1. The Hall–Kier alpha value is -2.25. The van der Waals surface area contributed by atoms with E-state index in [0.29, 0.717) is 27.8 Å². The van der Waals surface area contributed by atoms with Gasteiger partial charge in [-0.2, -0.15) is 4.98 Å². The molecule has 0 bridgehead atoms. The molecule has 0 fully saturated rings. The zero-order chi connectivity index (χ0) is 16.4. The molecule has 0 atom stereocenters. The van der Waals surface area contributed by atoms with E-state index in [1.165, 1.54) is 17.8 Å². The van der Waals surface area contributed by atoms with Crippen molar-refractivity contribution < 1.29 is 4.39 Å². The number of nitrogens with one attached hydrogen (secondary N) is 2. The monoisotopic (exact) mass is 349 g/mol. The molecule has 0 saturated heterocycles. The van der Waals surface area contributed by atoms with Gasteiger partial charge >= 0.3 is 0 Å². The van der Waals surface area contributed by atoms with Crippen LogP contribution < -0.4 is 11.1 Å². The fraction of sp³-hybridized carbons (Fsp3) is 0.0667.